The highest BCUT2D eigenvalue weighted by molar-refractivity contribution is 5.46. The Bertz CT molecular complexity index is 470. The summed E-state index contributed by atoms with van der Waals surface area (Å²) in [6.45, 7) is 1.99. The average Bonchev–Trinajstić information content (AvgIpc) is 2.40. The van der Waals surface area contributed by atoms with Crippen molar-refractivity contribution in [2.24, 2.45) is 5.73 Å². The van der Waals surface area contributed by atoms with Crippen molar-refractivity contribution in [1.82, 2.24) is 4.98 Å². The van der Waals surface area contributed by atoms with Crippen LogP contribution in [0.15, 0.2) is 48.8 Å². The van der Waals surface area contributed by atoms with E-state index >= 15 is 0 Å². The van der Waals surface area contributed by atoms with Crippen molar-refractivity contribution < 1.29 is 4.39 Å². The lowest BCUT2D eigenvalue weighted by Crippen LogP contribution is -2.28. The maximum atomic E-state index is 12.9. The topological polar surface area (TPSA) is 42.1 Å². The fraction of sp³-hybridized carbons (Fsp3) is 0.214. The van der Waals surface area contributed by atoms with E-state index in [1.54, 1.807) is 18.3 Å². The van der Waals surface area contributed by atoms with E-state index in [4.69, 9.17) is 5.73 Å². The summed E-state index contributed by atoms with van der Waals surface area (Å²) >= 11 is 0. The van der Waals surface area contributed by atoms with Gasteiger partial charge in [0.15, 0.2) is 0 Å². The van der Waals surface area contributed by atoms with Crippen LogP contribution in [-0.2, 0) is 6.54 Å². The lowest BCUT2D eigenvalue weighted by molar-refractivity contribution is 0.627. The molecule has 0 fully saturated rings. The molecule has 0 atom stereocenters. The molecule has 0 aliphatic carbocycles. The van der Waals surface area contributed by atoms with Gasteiger partial charge in [-0.3, -0.25) is 4.98 Å². The number of rotatable bonds is 5. The lowest BCUT2D eigenvalue weighted by Gasteiger charge is -2.24. The second-order valence-electron chi connectivity index (χ2n) is 4.05. The van der Waals surface area contributed by atoms with Gasteiger partial charge in [0.2, 0.25) is 0 Å². The normalized spacial score (nSPS) is 10.3. The molecule has 0 saturated heterocycles. The Morgan fingerprint density at radius 1 is 1.17 bits per heavy atom. The number of halogens is 1. The number of pyridine rings is 1. The van der Waals surface area contributed by atoms with Gasteiger partial charge in [-0.15, -0.1) is 0 Å². The number of nitrogens with two attached hydrogens (primary N) is 1. The van der Waals surface area contributed by atoms with Crippen LogP contribution in [0.25, 0.3) is 0 Å². The first-order valence-corrected chi connectivity index (χ1v) is 5.89. The van der Waals surface area contributed by atoms with Crippen LogP contribution in [0.5, 0.6) is 0 Å². The zero-order valence-corrected chi connectivity index (χ0v) is 10.1. The molecule has 0 unspecified atom stereocenters. The van der Waals surface area contributed by atoms with Crippen molar-refractivity contribution in [2.75, 3.05) is 18.0 Å². The largest absolute Gasteiger partial charge is 0.366 e. The number of hydrogen-bond donors (Lipinski definition) is 1. The molecule has 2 N–H and O–H groups in total. The van der Waals surface area contributed by atoms with Crippen LogP contribution in [0, 0.1) is 5.82 Å². The summed E-state index contributed by atoms with van der Waals surface area (Å²) in [6.07, 6.45) is 3.57. The number of aromatic nitrogens is 1. The van der Waals surface area contributed by atoms with Crippen LogP contribution in [0.3, 0.4) is 0 Å². The van der Waals surface area contributed by atoms with E-state index in [1.807, 2.05) is 18.3 Å². The molecule has 0 spiro atoms. The Morgan fingerprint density at radius 3 is 2.56 bits per heavy atom. The second-order valence-corrected chi connectivity index (χ2v) is 4.05. The van der Waals surface area contributed by atoms with Crippen LogP contribution in [0.4, 0.5) is 10.1 Å². The summed E-state index contributed by atoms with van der Waals surface area (Å²) in [7, 11) is 0. The molecule has 94 valence electrons. The first-order valence-electron chi connectivity index (χ1n) is 5.89. The van der Waals surface area contributed by atoms with Crippen molar-refractivity contribution >= 4 is 5.69 Å². The zero-order chi connectivity index (χ0) is 12.8. The molecule has 1 aromatic heterocycles. The SMILES string of the molecule is NCCN(Cc1cccnc1)c1ccc(F)cc1. The smallest absolute Gasteiger partial charge is 0.123 e. The number of benzene rings is 1. The molecule has 2 aromatic rings. The van der Waals surface area contributed by atoms with Gasteiger partial charge < -0.3 is 10.6 Å². The van der Waals surface area contributed by atoms with E-state index in [1.165, 1.54) is 12.1 Å². The van der Waals surface area contributed by atoms with Gasteiger partial charge in [0.25, 0.3) is 0 Å². The molecule has 18 heavy (non-hydrogen) atoms. The molecule has 1 heterocycles. The summed E-state index contributed by atoms with van der Waals surface area (Å²) in [5.74, 6) is -0.229. The maximum Gasteiger partial charge on any atom is 0.123 e. The van der Waals surface area contributed by atoms with Crippen LogP contribution in [0.2, 0.25) is 0 Å². The molecule has 0 aliphatic heterocycles. The summed E-state index contributed by atoms with van der Waals surface area (Å²) in [5.41, 5.74) is 7.69. The molecule has 0 aliphatic rings. The Hall–Kier alpha value is -1.94. The summed E-state index contributed by atoms with van der Waals surface area (Å²) in [5, 5.41) is 0. The van der Waals surface area contributed by atoms with Crippen molar-refractivity contribution in [2.45, 2.75) is 6.54 Å². The highest BCUT2D eigenvalue weighted by Crippen LogP contribution is 2.17. The molecule has 4 heteroatoms. The van der Waals surface area contributed by atoms with Gasteiger partial charge in [-0.2, -0.15) is 0 Å². The van der Waals surface area contributed by atoms with E-state index in [-0.39, 0.29) is 5.82 Å². The molecule has 0 bridgehead atoms. The molecule has 0 radical (unpaired) electrons. The quantitative estimate of drug-likeness (QED) is 0.878. The van der Waals surface area contributed by atoms with Crippen molar-refractivity contribution in [3.63, 3.8) is 0 Å². The Kier molecular flexibility index (Phi) is 4.25. The highest BCUT2D eigenvalue weighted by atomic mass is 19.1. The first kappa shape index (κ1) is 12.5. The van der Waals surface area contributed by atoms with E-state index < -0.39 is 0 Å². The van der Waals surface area contributed by atoms with Gasteiger partial charge in [0, 0.05) is 37.7 Å². The predicted octanol–water partition coefficient (Wildman–Crippen LogP) is 2.19. The van der Waals surface area contributed by atoms with Gasteiger partial charge in [-0.25, -0.2) is 4.39 Å². The van der Waals surface area contributed by atoms with Gasteiger partial charge in [-0.1, -0.05) is 6.07 Å². The Morgan fingerprint density at radius 2 is 1.94 bits per heavy atom. The molecule has 0 amide bonds. The Balaban J connectivity index is 2.15. The fourth-order valence-corrected chi connectivity index (χ4v) is 1.82. The monoisotopic (exact) mass is 245 g/mol. The number of nitrogens with zero attached hydrogens (tertiary/aromatic N) is 2. The fourth-order valence-electron chi connectivity index (χ4n) is 1.82. The predicted molar refractivity (Wildman–Crippen MR) is 70.7 cm³/mol. The second kappa shape index (κ2) is 6.12. The Labute approximate surface area is 106 Å². The summed E-state index contributed by atoms with van der Waals surface area (Å²) < 4.78 is 12.9. The third kappa shape index (κ3) is 3.28. The number of hydrogen-bond acceptors (Lipinski definition) is 3. The minimum absolute atomic E-state index is 0.229. The first-order chi connectivity index (χ1) is 8.79. The molecular formula is C14H16FN3. The minimum atomic E-state index is -0.229. The average molecular weight is 245 g/mol. The lowest BCUT2D eigenvalue weighted by atomic mass is 10.2. The number of anilines is 1. The van der Waals surface area contributed by atoms with E-state index in [0.717, 1.165) is 24.3 Å². The molecule has 0 saturated carbocycles. The standard InChI is InChI=1S/C14H16FN3/c15-13-3-5-14(6-4-13)18(9-7-16)11-12-2-1-8-17-10-12/h1-6,8,10H,7,9,11,16H2. The van der Waals surface area contributed by atoms with Gasteiger partial charge >= 0.3 is 0 Å². The third-order valence-electron chi connectivity index (χ3n) is 2.69. The maximum absolute atomic E-state index is 12.9. The van der Waals surface area contributed by atoms with Gasteiger partial charge in [0.05, 0.1) is 0 Å². The molecule has 3 nitrogen and oxygen atoms in total. The van der Waals surface area contributed by atoms with E-state index in [2.05, 4.69) is 9.88 Å². The van der Waals surface area contributed by atoms with Gasteiger partial charge in [-0.05, 0) is 35.9 Å². The van der Waals surface area contributed by atoms with E-state index in [0.29, 0.717) is 6.54 Å². The highest BCUT2D eigenvalue weighted by Gasteiger charge is 2.06. The van der Waals surface area contributed by atoms with Crippen LogP contribution >= 0.6 is 0 Å². The zero-order valence-electron chi connectivity index (χ0n) is 10.1. The van der Waals surface area contributed by atoms with Gasteiger partial charge in [0.1, 0.15) is 5.82 Å². The molecule has 2 rings (SSSR count). The molecular weight excluding hydrogens is 229 g/mol. The summed E-state index contributed by atoms with van der Waals surface area (Å²) in [4.78, 5) is 6.20. The van der Waals surface area contributed by atoms with Crippen LogP contribution in [0.1, 0.15) is 5.56 Å². The molecule has 1 aromatic carbocycles. The van der Waals surface area contributed by atoms with Crippen molar-refractivity contribution in [3.05, 3.63) is 60.2 Å². The minimum Gasteiger partial charge on any atom is -0.366 e. The summed E-state index contributed by atoms with van der Waals surface area (Å²) in [6, 6.07) is 10.4. The van der Waals surface area contributed by atoms with Crippen LogP contribution < -0.4 is 10.6 Å². The van der Waals surface area contributed by atoms with E-state index in [9.17, 15) is 4.39 Å². The third-order valence-corrected chi connectivity index (χ3v) is 2.69. The van der Waals surface area contributed by atoms with Crippen molar-refractivity contribution in [1.29, 1.82) is 0 Å². The van der Waals surface area contributed by atoms with Crippen LogP contribution in [-0.4, -0.2) is 18.1 Å². The van der Waals surface area contributed by atoms with Crippen molar-refractivity contribution in [3.8, 4) is 0 Å².